The summed E-state index contributed by atoms with van der Waals surface area (Å²) in [5.74, 6) is -4.69. The molecule has 0 aliphatic rings. The summed E-state index contributed by atoms with van der Waals surface area (Å²) >= 11 is 0. The smallest absolute Gasteiger partial charge is 0.402 e. The highest BCUT2D eigenvalue weighted by molar-refractivity contribution is 5.41. The first-order valence-electron chi connectivity index (χ1n) is 4.20. The van der Waals surface area contributed by atoms with E-state index in [0.29, 0.717) is 6.20 Å². The second-order valence-corrected chi connectivity index (χ2v) is 2.89. The third kappa shape index (κ3) is 3.03. The van der Waals surface area contributed by atoms with Gasteiger partial charge in [-0.1, -0.05) is 0 Å². The zero-order chi connectivity index (χ0) is 13.9. The Balaban J connectivity index is 3.36. The average molecular weight is 265 g/mol. The topological polar surface area (TPSA) is 89.0 Å². The van der Waals surface area contributed by atoms with Gasteiger partial charge in [-0.15, -0.1) is 13.2 Å². The van der Waals surface area contributed by atoms with Crippen LogP contribution in [0.4, 0.5) is 23.4 Å². The van der Waals surface area contributed by atoms with Gasteiger partial charge in [-0.3, -0.25) is 0 Å². The van der Waals surface area contributed by atoms with Crippen molar-refractivity contribution in [3.63, 3.8) is 0 Å². The van der Waals surface area contributed by atoms with Crippen molar-refractivity contribution in [2.75, 3.05) is 0 Å². The van der Waals surface area contributed by atoms with Crippen LogP contribution < -0.4 is 4.74 Å². The summed E-state index contributed by atoms with van der Waals surface area (Å²) in [6.07, 6.45) is -5.28. The van der Waals surface area contributed by atoms with Gasteiger partial charge in [0.05, 0.1) is 18.1 Å². The maximum Gasteiger partial charge on any atom is 0.573 e. The van der Waals surface area contributed by atoms with Crippen molar-refractivity contribution in [1.29, 1.82) is 5.26 Å². The molecule has 1 aromatic heterocycles. The number of aromatic nitrogens is 1. The van der Waals surface area contributed by atoms with Crippen LogP contribution in [0.1, 0.15) is 5.56 Å². The standard InChI is InChI=1S/C8H3F4N3O3/c9-5-6(18-8(10,11)12)4(1-2-13)3-14-7(5)15(16)17/h3H,1H2. The van der Waals surface area contributed by atoms with E-state index in [1.807, 2.05) is 0 Å². The molecule has 0 fully saturated rings. The molecule has 0 unspecified atom stereocenters. The number of hydrogen-bond acceptors (Lipinski definition) is 5. The minimum atomic E-state index is -5.24. The van der Waals surface area contributed by atoms with E-state index in [-0.39, 0.29) is 0 Å². The second-order valence-electron chi connectivity index (χ2n) is 2.89. The van der Waals surface area contributed by atoms with Gasteiger partial charge in [0, 0.05) is 0 Å². The minimum absolute atomic E-state index is 0.530. The highest BCUT2D eigenvalue weighted by atomic mass is 19.4. The molecule has 1 heterocycles. The Bertz CT molecular complexity index is 524. The number of rotatable bonds is 3. The van der Waals surface area contributed by atoms with Crippen molar-refractivity contribution < 1.29 is 27.2 Å². The van der Waals surface area contributed by atoms with Crippen molar-refractivity contribution >= 4 is 5.82 Å². The Morgan fingerprint density at radius 1 is 1.56 bits per heavy atom. The van der Waals surface area contributed by atoms with Gasteiger partial charge in [-0.25, -0.2) is 0 Å². The van der Waals surface area contributed by atoms with Crippen molar-refractivity contribution in [2.24, 2.45) is 0 Å². The zero-order valence-corrected chi connectivity index (χ0v) is 8.36. The van der Waals surface area contributed by atoms with Crippen LogP contribution in [-0.2, 0) is 6.42 Å². The maximum atomic E-state index is 13.4. The van der Waals surface area contributed by atoms with Crippen molar-refractivity contribution in [3.05, 3.63) is 27.7 Å². The fourth-order valence-electron chi connectivity index (χ4n) is 1.06. The Morgan fingerprint density at radius 2 is 2.17 bits per heavy atom. The van der Waals surface area contributed by atoms with E-state index in [1.54, 1.807) is 0 Å². The van der Waals surface area contributed by atoms with Gasteiger partial charge in [0.1, 0.15) is 6.20 Å². The molecule has 18 heavy (non-hydrogen) atoms. The quantitative estimate of drug-likeness (QED) is 0.474. The molecule has 0 N–H and O–H groups in total. The molecule has 0 radical (unpaired) electrons. The predicted octanol–water partition coefficient (Wildman–Crippen LogP) is 2.09. The predicted molar refractivity (Wildman–Crippen MR) is 46.8 cm³/mol. The molecule has 0 aromatic carbocycles. The van der Waals surface area contributed by atoms with Crippen molar-refractivity contribution in [3.8, 4) is 11.8 Å². The zero-order valence-electron chi connectivity index (χ0n) is 8.36. The van der Waals surface area contributed by atoms with Crippen LogP contribution in [0.25, 0.3) is 0 Å². The van der Waals surface area contributed by atoms with Crippen molar-refractivity contribution in [1.82, 2.24) is 4.98 Å². The Morgan fingerprint density at radius 3 is 2.61 bits per heavy atom. The SMILES string of the molecule is N#CCc1cnc([N+](=O)[O-])c(F)c1OC(F)(F)F. The number of nitrogens with zero attached hydrogens (tertiary/aromatic N) is 3. The molecular weight excluding hydrogens is 262 g/mol. The van der Waals surface area contributed by atoms with Crippen LogP contribution in [-0.4, -0.2) is 16.3 Å². The van der Waals surface area contributed by atoms with E-state index in [2.05, 4.69) is 9.72 Å². The number of alkyl halides is 3. The number of pyridine rings is 1. The number of ether oxygens (including phenoxy) is 1. The van der Waals surface area contributed by atoms with Gasteiger partial charge >= 0.3 is 12.2 Å². The summed E-state index contributed by atoms with van der Waals surface area (Å²) in [5.41, 5.74) is -0.530. The Kier molecular flexibility index (Phi) is 3.65. The molecule has 1 aromatic rings. The summed E-state index contributed by atoms with van der Waals surface area (Å²) in [6, 6.07) is 1.46. The van der Waals surface area contributed by atoms with E-state index in [1.165, 1.54) is 6.07 Å². The molecule has 0 aliphatic carbocycles. The molecule has 0 saturated heterocycles. The summed E-state index contributed by atoms with van der Waals surface area (Å²) in [6.45, 7) is 0. The van der Waals surface area contributed by atoms with Gasteiger partial charge in [-0.05, 0) is 9.91 Å². The molecule has 96 valence electrons. The van der Waals surface area contributed by atoms with Crippen LogP contribution in [0.5, 0.6) is 5.75 Å². The van der Waals surface area contributed by atoms with Gasteiger partial charge in [0.2, 0.25) is 0 Å². The molecule has 10 heteroatoms. The molecule has 0 aliphatic heterocycles. The lowest BCUT2D eigenvalue weighted by molar-refractivity contribution is -0.392. The number of hydrogen-bond donors (Lipinski definition) is 0. The van der Waals surface area contributed by atoms with E-state index in [4.69, 9.17) is 5.26 Å². The number of halogens is 4. The highest BCUT2D eigenvalue weighted by Crippen LogP contribution is 2.32. The van der Waals surface area contributed by atoms with Gasteiger partial charge in [-0.2, -0.15) is 9.65 Å². The molecule has 6 nitrogen and oxygen atoms in total. The monoisotopic (exact) mass is 265 g/mol. The molecular formula is C8H3F4N3O3. The summed E-state index contributed by atoms with van der Waals surface area (Å²) in [4.78, 5) is 12.0. The van der Waals surface area contributed by atoms with E-state index in [0.717, 1.165) is 0 Å². The third-order valence-corrected chi connectivity index (χ3v) is 1.69. The first-order valence-corrected chi connectivity index (χ1v) is 4.20. The van der Waals surface area contributed by atoms with E-state index < -0.39 is 40.7 Å². The average Bonchev–Trinajstić information content (AvgIpc) is 2.21. The van der Waals surface area contributed by atoms with Gasteiger partial charge in [0.15, 0.2) is 5.75 Å². The molecule has 1 rings (SSSR count). The lowest BCUT2D eigenvalue weighted by Gasteiger charge is -2.11. The molecule has 0 saturated carbocycles. The first kappa shape index (κ1) is 13.6. The van der Waals surface area contributed by atoms with Gasteiger partial charge < -0.3 is 14.9 Å². The van der Waals surface area contributed by atoms with Crippen molar-refractivity contribution in [2.45, 2.75) is 12.8 Å². The van der Waals surface area contributed by atoms with Crippen LogP contribution in [0.3, 0.4) is 0 Å². The largest absolute Gasteiger partial charge is 0.573 e. The van der Waals surface area contributed by atoms with E-state index in [9.17, 15) is 27.7 Å². The summed E-state index contributed by atoms with van der Waals surface area (Å²) in [5, 5.41) is 18.7. The van der Waals surface area contributed by atoms with Gasteiger partial charge in [0.25, 0.3) is 5.82 Å². The molecule has 0 amide bonds. The highest BCUT2D eigenvalue weighted by Gasteiger charge is 2.36. The summed E-state index contributed by atoms with van der Waals surface area (Å²) < 4.78 is 52.8. The fourth-order valence-corrected chi connectivity index (χ4v) is 1.06. The van der Waals surface area contributed by atoms with Crippen LogP contribution in [0.15, 0.2) is 6.20 Å². The maximum absolute atomic E-state index is 13.4. The molecule has 0 spiro atoms. The number of nitriles is 1. The Labute approximate surface area is 96.6 Å². The molecule has 0 atom stereocenters. The fraction of sp³-hybridized carbons (Fsp3) is 0.250. The second kappa shape index (κ2) is 4.82. The number of nitro groups is 1. The van der Waals surface area contributed by atoms with Crippen LogP contribution in [0.2, 0.25) is 0 Å². The third-order valence-electron chi connectivity index (χ3n) is 1.69. The first-order chi connectivity index (χ1) is 8.26. The Hall–Kier alpha value is -2.44. The normalized spacial score (nSPS) is 10.8. The molecule has 0 bridgehead atoms. The minimum Gasteiger partial charge on any atom is -0.402 e. The van der Waals surface area contributed by atoms with Crippen LogP contribution >= 0.6 is 0 Å². The lowest BCUT2D eigenvalue weighted by Crippen LogP contribution is -2.19. The lowest BCUT2D eigenvalue weighted by atomic mass is 10.2. The summed E-state index contributed by atoms with van der Waals surface area (Å²) in [7, 11) is 0. The van der Waals surface area contributed by atoms with E-state index >= 15 is 0 Å². The van der Waals surface area contributed by atoms with Crippen LogP contribution in [0, 0.1) is 27.3 Å².